The third-order valence-electron chi connectivity index (χ3n) is 2.01. The minimum absolute atomic E-state index is 0.364. The summed E-state index contributed by atoms with van der Waals surface area (Å²) in [4.78, 5) is 21.7. The molecule has 0 spiro atoms. The molecule has 1 saturated heterocycles. The number of rotatable bonds is 1. The number of amides is 1. The Hall–Kier alpha value is -1.15. The third kappa shape index (κ3) is 2.90. The molecule has 0 aromatic rings. The molecule has 1 heterocycles. The minimum Gasteiger partial charge on any atom is -0.462 e. The summed E-state index contributed by atoms with van der Waals surface area (Å²) in [6, 6.07) is -0.943. The molecule has 2 N–H and O–H groups in total. The number of carbonyl (C=O) groups excluding carboxylic acids is 2. The first-order valence-corrected chi connectivity index (χ1v) is 5.95. The fourth-order valence-corrected chi connectivity index (χ4v) is 3.03. The lowest BCUT2D eigenvalue weighted by Gasteiger charge is -2.13. The number of hydrogen-bond acceptors (Lipinski definition) is 6. The highest BCUT2D eigenvalue weighted by atomic mass is 32.2. The van der Waals surface area contributed by atoms with Crippen molar-refractivity contribution < 1.29 is 27.9 Å². The van der Waals surface area contributed by atoms with Crippen molar-refractivity contribution in [2.75, 3.05) is 18.6 Å². The van der Waals surface area contributed by atoms with Gasteiger partial charge in [-0.15, -0.1) is 0 Å². The van der Waals surface area contributed by atoms with E-state index in [1.54, 1.807) is 0 Å². The topological polar surface area (TPSA) is 110 Å². The number of ether oxygens (including phenoxy) is 1. The molecule has 2 atom stereocenters. The number of hydrogen-bond donors (Lipinski definition) is 2. The van der Waals surface area contributed by atoms with Crippen molar-refractivity contribution in [3.63, 3.8) is 0 Å². The van der Waals surface area contributed by atoms with Crippen molar-refractivity contribution in [2.45, 2.75) is 12.1 Å². The van der Waals surface area contributed by atoms with Crippen LogP contribution in [0.15, 0.2) is 0 Å². The predicted octanol–water partition coefficient (Wildman–Crippen LogP) is -2.57. The Morgan fingerprint density at radius 2 is 2.00 bits per heavy atom. The molecular weight excluding hydrogens is 226 g/mol. The van der Waals surface area contributed by atoms with Crippen LogP contribution in [0.4, 0.5) is 0 Å². The lowest BCUT2D eigenvalue weighted by Crippen LogP contribution is -2.45. The van der Waals surface area contributed by atoms with Crippen molar-refractivity contribution >= 4 is 21.7 Å². The van der Waals surface area contributed by atoms with E-state index >= 15 is 0 Å². The van der Waals surface area contributed by atoms with Gasteiger partial charge in [0.05, 0.1) is 30.8 Å². The molecule has 0 aliphatic carbocycles. The minimum atomic E-state index is -3.34. The Morgan fingerprint density at radius 1 is 1.40 bits per heavy atom. The molecule has 0 aromatic heterocycles. The third-order valence-corrected chi connectivity index (χ3v) is 3.73. The summed E-state index contributed by atoms with van der Waals surface area (Å²) in [7, 11) is -2.31. The molecule has 0 saturated carbocycles. The molecule has 1 amide bonds. The average Bonchev–Trinajstić information content (AvgIpc) is 2.38. The van der Waals surface area contributed by atoms with Crippen molar-refractivity contribution in [1.29, 1.82) is 0 Å². The summed E-state index contributed by atoms with van der Waals surface area (Å²) in [6.07, 6.45) is -1.18. The maximum Gasteiger partial charge on any atom is 0.396 e. The normalized spacial score (nSPS) is 28.4. The van der Waals surface area contributed by atoms with Gasteiger partial charge in [-0.3, -0.25) is 4.79 Å². The number of esters is 1. The van der Waals surface area contributed by atoms with Gasteiger partial charge in [-0.05, 0) is 0 Å². The van der Waals surface area contributed by atoms with E-state index in [9.17, 15) is 23.1 Å². The smallest absolute Gasteiger partial charge is 0.396 e. The van der Waals surface area contributed by atoms with Crippen LogP contribution >= 0.6 is 0 Å². The number of aliphatic hydroxyl groups excluding tert-OH is 1. The Kier molecular flexibility index (Phi) is 3.30. The highest BCUT2D eigenvalue weighted by Crippen LogP contribution is 2.12. The number of sulfone groups is 1. The molecule has 86 valence electrons. The molecule has 1 fully saturated rings. The number of carbonyl (C=O) groups is 2. The van der Waals surface area contributed by atoms with Gasteiger partial charge in [0.25, 0.3) is 0 Å². The van der Waals surface area contributed by atoms with Gasteiger partial charge in [0.15, 0.2) is 9.84 Å². The molecule has 0 radical (unpaired) electrons. The first-order valence-electron chi connectivity index (χ1n) is 4.13. The predicted molar refractivity (Wildman–Crippen MR) is 48.6 cm³/mol. The van der Waals surface area contributed by atoms with Crippen LogP contribution in [0, 0.1) is 0 Å². The van der Waals surface area contributed by atoms with E-state index in [1.807, 2.05) is 0 Å². The van der Waals surface area contributed by atoms with Gasteiger partial charge < -0.3 is 15.2 Å². The lowest BCUT2D eigenvalue weighted by atomic mass is 10.2. The van der Waals surface area contributed by atoms with E-state index in [-0.39, 0.29) is 5.75 Å². The van der Waals surface area contributed by atoms with E-state index in [2.05, 4.69) is 10.1 Å². The lowest BCUT2D eigenvalue weighted by molar-refractivity contribution is -0.153. The van der Waals surface area contributed by atoms with Crippen LogP contribution in [0.1, 0.15) is 0 Å². The first-order chi connectivity index (χ1) is 6.85. The quantitative estimate of drug-likeness (QED) is 0.383. The van der Waals surface area contributed by atoms with Crippen LogP contribution in [-0.4, -0.2) is 56.2 Å². The zero-order valence-electron chi connectivity index (χ0n) is 7.97. The number of aliphatic hydroxyl groups is 1. The van der Waals surface area contributed by atoms with Gasteiger partial charge in [0.1, 0.15) is 0 Å². The SMILES string of the molecule is COC(=O)C(=O)N[C@@H]1CS(=O)(=O)C[C@@H]1O. The van der Waals surface area contributed by atoms with Gasteiger partial charge in [0.2, 0.25) is 0 Å². The zero-order valence-corrected chi connectivity index (χ0v) is 8.78. The Labute approximate surface area is 86.3 Å². The second kappa shape index (κ2) is 4.15. The summed E-state index contributed by atoms with van der Waals surface area (Å²) >= 11 is 0. The first kappa shape index (κ1) is 11.9. The Morgan fingerprint density at radius 3 is 2.40 bits per heavy atom. The Bertz CT molecular complexity index is 375. The maximum atomic E-state index is 11.0. The second-order valence-electron chi connectivity index (χ2n) is 3.22. The summed E-state index contributed by atoms with van der Waals surface area (Å²) in [5, 5.41) is 11.4. The monoisotopic (exact) mass is 237 g/mol. The van der Waals surface area contributed by atoms with Gasteiger partial charge in [-0.25, -0.2) is 13.2 Å². The van der Waals surface area contributed by atoms with E-state index in [4.69, 9.17) is 0 Å². The van der Waals surface area contributed by atoms with Gasteiger partial charge in [0, 0.05) is 0 Å². The Balaban J connectivity index is 2.61. The van der Waals surface area contributed by atoms with Crippen LogP contribution in [0.5, 0.6) is 0 Å². The van der Waals surface area contributed by atoms with Crippen LogP contribution in [0.2, 0.25) is 0 Å². The van der Waals surface area contributed by atoms with E-state index in [0.717, 1.165) is 7.11 Å². The molecule has 7 nitrogen and oxygen atoms in total. The largest absolute Gasteiger partial charge is 0.462 e. The van der Waals surface area contributed by atoms with Crippen LogP contribution in [0.25, 0.3) is 0 Å². The molecule has 1 aliphatic heterocycles. The summed E-state index contributed by atoms with van der Waals surface area (Å²) in [5.74, 6) is -2.94. The van der Waals surface area contributed by atoms with E-state index in [1.165, 1.54) is 0 Å². The van der Waals surface area contributed by atoms with Crippen LogP contribution in [0.3, 0.4) is 0 Å². The molecule has 1 rings (SSSR count). The van der Waals surface area contributed by atoms with Crippen molar-refractivity contribution in [3.05, 3.63) is 0 Å². The summed E-state index contributed by atoms with van der Waals surface area (Å²) in [6.45, 7) is 0. The molecule has 15 heavy (non-hydrogen) atoms. The van der Waals surface area contributed by atoms with E-state index < -0.39 is 39.6 Å². The standard InChI is InChI=1S/C7H11NO6S/c1-14-7(11)6(10)8-4-2-15(12,13)3-5(4)9/h4-5,9H,2-3H2,1H3,(H,8,10)/t4-,5+/m1/s1. The summed E-state index contributed by atoms with van der Waals surface area (Å²) in [5.41, 5.74) is 0. The maximum absolute atomic E-state index is 11.0. The average molecular weight is 237 g/mol. The molecule has 8 heteroatoms. The van der Waals surface area contributed by atoms with Gasteiger partial charge in [-0.1, -0.05) is 0 Å². The van der Waals surface area contributed by atoms with Crippen molar-refractivity contribution in [2.24, 2.45) is 0 Å². The molecular formula is C7H11NO6S. The van der Waals surface area contributed by atoms with E-state index in [0.29, 0.717) is 0 Å². The van der Waals surface area contributed by atoms with Gasteiger partial charge >= 0.3 is 11.9 Å². The van der Waals surface area contributed by atoms with Gasteiger partial charge in [-0.2, -0.15) is 0 Å². The van der Waals surface area contributed by atoms with Crippen molar-refractivity contribution in [1.82, 2.24) is 5.32 Å². The molecule has 0 bridgehead atoms. The van der Waals surface area contributed by atoms with Crippen LogP contribution < -0.4 is 5.32 Å². The fourth-order valence-electron chi connectivity index (χ4n) is 1.29. The molecule has 1 aliphatic rings. The number of methoxy groups -OCH3 is 1. The highest BCUT2D eigenvalue weighted by Gasteiger charge is 2.38. The summed E-state index contributed by atoms with van der Waals surface area (Å²) < 4.78 is 26.2. The molecule has 0 aromatic carbocycles. The zero-order chi connectivity index (χ0) is 11.6. The highest BCUT2D eigenvalue weighted by molar-refractivity contribution is 7.91. The van der Waals surface area contributed by atoms with Crippen LogP contribution in [-0.2, 0) is 24.2 Å². The van der Waals surface area contributed by atoms with Crippen molar-refractivity contribution in [3.8, 4) is 0 Å². The number of nitrogens with one attached hydrogen (secondary N) is 1. The molecule has 0 unspecified atom stereocenters. The second-order valence-corrected chi connectivity index (χ2v) is 5.37. The fraction of sp³-hybridized carbons (Fsp3) is 0.714.